The lowest BCUT2D eigenvalue weighted by atomic mass is 9.49. The van der Waals surface area contributed by atoms with Gasteiger partial charge in [0, 0.05) is 93.3 Å². The zero-order valence-corrected chi connectivity index (χ0v) is 34.4. The lowest BCUT2D eigenvalue weighted by Crippen LogP contribution is -2.74. The van der Waals surface area contributed by atoms with E-state index in [2.05, 4.69) is 69.1 Å². The summed E-state index contributed by atoms with van der Waals surface area (Å²) in [6.45, 7) is 14.2. The van der Waals surface area contributed by atoms with Crippen LogP contribution in [0.25, 0.3) is 0 Å². The summed E-state index contributed by atoms with van der Waals surface area (Å²) in [4.78, 5) is 81.0. The summed E-state index contributed by atoms with van der Waals surface area (Å²) in [6.07, 6.45) is 5.19. The van der Waals surface area contributed by atoms with Crippen molar-refractivity contribution < 1.29 is 28.7 Å². The van der Waals surface area contributed by atoms with Crippen LogP contribution in [0.5, 0.6) is 5.75 Å². The van der Waals surface area contributed by atoms with Crippen molar-refractivity contribution in [3.8, 4) is 11.8 Å². The van der Waals surface area contributed by atoms with Gasteiger partial charge in [0.15, 0.2) is 0 Å². The molecule has 1 aliphatic carbocycles. The van der Waals surface area contributed by atoms with E-state index in [1.165, 1.54) is 0 Å². The molecule has 308 valence electrons. The molecule has 3 saturated heterocycles. The van der Waals surface area contributed by atoms with Crippen molar-refractivity contribution in [1.82, 2.24) is 30.4 Å². The van der Waals surface area contributed by atoms with Crippen molar-refractivity contribution in [2.75, 3.05) is 55.6 Å². The van der Waals surface area contributed by atoms with E-state index in [4.69, 9.17) is 16.3 Å². The van der Waals surface area contributed by atoms with Gasteiger partial charge in [0.05, 0.1) is 27.3 Å². The first-order valence-corrected chi connectivity index (χ1v) is 20.6. The third-order valence-electron chi connectivity index (χ3n) is 12.9. The molecule has 4 aliphatic heterocycles. The van der Waals surface area contributed by atoms with Crippen LogP contribution >= 0.6 is 11.6 Å². The molecule has 3 aromatic rings. The number of carbonyl (C=O) groups is 5. The summed E-state index contributed by atoms with van der Waals surface area (Å²) < 4.78 is 6.36. The van der Waals surface area contributed by atoms with Gasteiger partial charge in [-0.3, -0.25) is 39.1 Å². The van der Waals surface area contributed by atoms with E-state index in [0.29, 0.717) is 39.3 Å². The van der Waals surface area contributed by atoms with E-state index in [0.717, 1.165) is 69.2 Å². The number of carbonyl (C=O) groups excluding carboxylic acids is 5. The molecule has 0 spiro atoms. The van der Waals surface area contributed by atoms with Gasteiger partial charge in [-0.05, 0) is 55.5 Å². The third kappa shape index (κ3) is 7.48. The molecule has 5 aliphatic rings. The number of ether oxygens (including phenoxy) is 1. The van der Waals surface area contributed by atoms with Crippen LogP contribution in [0.3, 0.4) is 0 Å². The van der Waals surface area contributed by atoms with Gasteiger partial charge < -0.3 is 19.9 Å². The number of piperidine rings is 2. The zero-order valence-electron chi connectivity index (χ0n) is 33.7. The SMILES string of the molecule is CC1(C)C(NC(=O)c2cnc(N3CCC(CN4CCN(c5ccc6c(c5)C(=O)N(C5CCC(=O)NC5=O)C6=O)CC4)CC3)nc2)C(C)(C)C1Oc1ccc(C#N)c(Cl)c1. The first-order chi connectivity index (χ1) is 28.1. The molecular formula is C43H48ClN9O6. The van der Waals surface area contributed by atoms with Crippen molar-refractivity contribution >= 4 is 52.8 Å². The number of piperazine rings is 1. The molecule has 59 heavy (non-hydrogen) atoms. The number of hydrogen-bond acceptors (Lipinski definition) is 12. The Balaban J connectivity index is 0.789. The number of imide groups is 2. The summed E-state index contributed by atoms with van der Waals surface area (Å²) in [5, 5.41) is 15.0. The average Bonchev–Trinajstić information content (AvgIpc) is 3.47. The molecule has 4 fully saturated rings. The molecule has 0 radical (unpaired) electrons. The highest BCUT2D eigenvalue weighted by Gasteiger charge is 2.64. The number of anilines is 2. The van der Waals surface area contributed by atoms with Crippen molar-refractivity contribution in [1.29, 1.82) is 5.26 Å². The number of benzene rings is 2. The van der Waals surface area contributed by atoms with Crippen LogP contribution in [0.2, 0.25) is 5.02 Å². The number of nitriles is 1. The molecule has 16 heteroatoms. The minimum absolute atomic E-state index is 0.0846. The van der Waals surface area contributed by atoms with E-state index >= 15 is 0 Å². The molecule has 1 aromatic heterocycles. The van der Waals surface area contributed by atoms with Crippen molar-refractivity contribution in [3.05, 3.63) is 76.1 Å². The molecular weight excluding hydrogens is 774 g/mol. The Kier molecular flexibility index (Phi) is 10.6. The predicted octanol–water partition coefficient (Wildman–Crippen LogP) is 4.05. The van der Waals surface area contributed by atoms with Crippen molar-refractivity contribution in [2.45, 2.75) is 71.6 Å². The Bertz CT molecular complexity index is 2230. The Labute approximate surface area is 348 Å². The fourth-order valence-corrected chi connectivity index (χ4v) is 10.1. The van der Waals surface area contributed by atoms with Gasteiger partial charge in [-0.1, -0.05) is 39.3 Å². The normalized spacial score (nSPS) is 24.3. The highest BCUT2D eigenvalue weighted by Crippen LogP contribution is 2.55. The highest BCUT2D eigenvalue weighted by atomic mass is 35.5. The first kappa shape index (κ1) is 40.2. The van der Waals surface area contributed by atoms with E-state index in [-0.39, 0.29) is 36.5 Å². The number of aromatic nitrogens is 2. The zero-order chi connectivity index (χ0) is 41.8. The predicted molar refractivity (Wildman–Crippen MR) is 218 cm³/mol. The second kappa shape index (κ2) is 15.5. The number of fused-ring (bicyclic) bond motifs is 1. The summed E-state index contributed by atoms with van der Waals surface area (Å²) in [7, 11) is 0. The summed E-state index contributed by atoms with van der Waals surface area (Å²) in [6, 6.07) is 11.2. The van der Waals surface area contributed by atoms with Crippen LogP contribution in [0.4, 0.5) is 11.6 Å². The standard InChI is InChI=1S/C43H48ClN9O6/c1-42(2)39(43(3,4)40(42)59-29-7-5-26(21-45)32(44)20-29)49-35(55)27-22-46-41(47-23-27)52-13-11-25(12-14-52)24-50-15-17-51(18-16-50)28-6-8-30-31(19-28)38(58)53(37(30)57)33-9-10-34(54)48-36(33)56/h5-8,19-20,22-23,25,33,39-40H,9-18,24H2,1-4H3,(H,49,55)(H,48,54,56). The van der Waals surface area contributed by atoms with Crippen molar-refractivity contribution in [3.63, 3.8) is 0 Å². The van der Waals surface area contributed by atoms with Gasteiger partial charge in [0.25, 0.3) is 17.7 Å². The molecule has 2 N–H and O–H groups in total. The van der Waals surface area contributed by atoms with Gasteiger partial charge in [-0.15, -0.1) is 0 Å². The molecule has 8 rings (SSSR count). The van der Waals surface area contributed by atoms with Crippen molar-refractivity contribution in [2.24, 2.45) is 16.7 Å². The van der Waals surface area contributed by atoms with E-state index < -0.39 is 40.5 Å². The lowest BCUT2D eigenvalue weighted by molar-refractivity contribution is -0.164. The third-order valence-corrected chi connectivity index (χ3v) is 13.2. The number of rotatable bonds is 9. The smallest absolute Gasteiger partial charge is 0.262 e. The lowest BCUT2D eigenvalue weighted by Gasteiger charge is -2.63. The second-order valence-corrected chi connectivity index (χ2v) is 17.9. The maximum absolute atomic E-state index is 13.4. The van der Waals surface area contributed by atoms with Crippen LogP contribution in [0.1, 0.15) is 90.0 Å². The van der Waals surface area contributed by atoms with Gasteiger partial charge in [0.1, 0.15) is 24.0 Å². The summed E-state index contributed by atoms with van der Waals surface area (Å²) >= 11 is 6.24. The minimum Gasteiger partial charge on any atom is -0.489 e. The van der Waals surface area contributed by atoms with Crippen LogP contribution in [-0.2, 0) is 9.59 Å². The van der Waals surface area contributed by atoms with Crippen LogP contribution < -0.4 is 25.2 Å². The highest BCUT2D eigenvalue weighted by molar-refractivity contribution is 6.31. The fraction of sp³-hybridized carbons (Fsp3) is 0.488. The summed E-state index contributed by atoms with van der Waals surface area (Å²) in [5.41, 5.74) is 1.44. The number of nitrogens with zero attached hydrogens (tertiary/aromatic N) is 7. The Morgan fingerprint density at radius 2 is 1.58 bits per heavy atom. The first-order valence-electron chi connectivity index (χ1n) is 20.2. The van der Waals surface area contributed by atoms with E-state index in [9.17, 15) is 29.2 Å². The number of hydrogen-bond donors (Lipinski definition) is 2. The minimum atomic E-state index is -0.982. The van der Waals surface area contributed by atoms with Gasteiger partial charge in [-0.25, -0.2) is 9.97 Å². The number of halogens is 1. The maximum atomic E-state index is 13.4. The monoisotopic (exact) mass is 821 g/mol. The average molecular weight is 822 g/mol. The second-order valence-electron chi connectivity index (χ2n) is 17.5. The topological polar surface area (TPSA) is 181 Å². The Morgan fingerprint density at radius 3 is 2.22 bits per heavy atom. The Morgan fingerprint density at radius 1 is 0.898 bits per heavy atom. The van der Waals surface area contributed by atoms with Gasteiger partial charge >= 0.3 is 0 Å². The number of nitrogens with one attached hydrogen (secondary N) is 2. The largest absolute Gasteiger partial charge is 0.489 e. The van der Waals surface area contributed by atoms with Crippen LogP contribution in [-0.4, -0.2) is 113 Å². The molecule has 2 aromatic carbocycles. The molecule has 0 bridgehead atoms. The van der Waals surface area contributed by atoms with Crippen LogP contribution in [0.15, 0.2) is 48.8 Å². The van der Waals surface area contributed by atoms with E-state index in [1.54, 1.807) is 42.7 Å². The number of amides is 5. The molecule has 1 atom stereocenters. The van der Waals surface area contributed by atoms with Crippen LogP contribution in [0, 0.1) is 28.1 Å². The molecule has 1 saturated carbocycles. The molecule has 15 nitrogen and oxygen atoms in total. The molecule has 5 amide bonds. The maximum Gasteiger partial charge on any atom is 0.262 e. The van der Waals surface area contributed by atoms with Gasteiger partial charge in [-0.2, -0.15) is 5.26 Å². The van der Waals surface area contributed by atoms with Gasteiger partial charge in [0.2, 0.25) is 17.8 Å². The molecule has 1 unspecified atom stereocenters. The fourth-order valence-electron chi connectivity index (χ4n) is 9.94. The molecule has 5 heterocycles. The Hall–Kier alpha value is -5.59. The van der Waals surface area contributed by atoms with E-state index in [1.807, 2.05) is 6.07 Å². The summed E-state index contributed by atoms with van der Waals surface area (Å²) in [5.74, 6) is -0.526. The quantitative estimate of drug-likeness (QED) is 0.296.